The van der Waals surface area contributed by atoms with Crippen molar-refractivity contribution in [3.05, 3.63) is 59.7 Å². The standard InChI is InChI=1S/C20H23NO6.ClH/c1-12(26-19(24)15-6-4-3-5-7-15)13(2)27-20(25)16(21)10-14-8-9-17(22)18(23)11-14;/h3-9,11-13,16,22-23H,10,21H2,1-2H3;1H/t12-,13-,16-;/m0./s1. The third-order valence-electron chi connectivity index (χ3n) is 4.06. The van der Waals surface area contributed by atoms with Gasteiger partial charge in [0.1, 0.15) is 18.2 Å². The molecule has 0 saturated carbocycles. The lowest BCUT2D eigenvalue weighted by atomic mass is 10.1. The number of carbonyl (C=O) groups excluding carboxylic acids is 2. The van der Waals surface area contributed by atoms with E-state index in [1.807, 2.05) is 0 Å². The number of hydrogen-bond donors (Lipinski definition) is 3. The molecule has 0 radical (unpaired) electrons. The maximum atomic E-state index is 12.2. The Morgan fingerprint density at radius 3 is 2.18 bits per heavy atom. The van der Waals surface area contributed by atoms with Crippen LogP contribution >= 0.6 is 12.4 Å². The summed E-state index contributed by atoms with van der Waals surface area (Å²) in [5.41, 5.74) is 6.84. The Labute approximate surface area is 169 Å². The molecule has 0 saturated heterocycles. The smallest absolute Gasteiger partial charge is 0.338 e. The summed E-state index contributed by atoms with van der Waals surface area (Å²) in [6.07, 6.45) is -1.23. The molecular weight excluding hydrogens is 386 g/mol. The summed E-state index contributed by atoms with van der Waals surface area (Å²) in [4.78, 5) is 24.2. The number of rotatable bonds is 7. The van der Waals surface area contributed by atoms with E-state index < -0.39 is 30.2 Å². The predicted octanol–water partition coefficient (Wildman–Crippen LogP) is 2.57. The number of benzene rings is 2. The van der Waals surface area contributed by atoms with Gasteiger partial charge in [0.15, 0.2) is 11.5 Å². The summed E-state index contributed by atoms with van der Waals surface area (Å²) in [5, 5.41) is 18.8. The van der Waals surface area contributed by atoms with Gasteiger partial charge in [0.05, 0.1) is 5.56 Å². The van der Waals surface area contributed by atoms with E-state index in [0.29, 0.717) is 11.1 Å². The van der Waals surface area contributed by atoms with Crippen molar-refractivity contribution in [2.75, 3.05) is 0 Å². The highest BCUT2D eigenvalue weighted by molar-refractivity contribution is 5.89. The minimum absolute atomic E-state index is 0. The average molecular weight is 410 g/mol. The number of ether oxygens (including phenoxy) is 2. The minimum atomic E-state index is -0.964. The van der Waals surface area contributed by atoms with Crippen LogP contribution in [-0.4, -0.2) is 40.4 Å². The molecule has 8 heteroatoms. The van der Waals surface area contributed by atoms with E-state index >= 15 is 0 Å². The zero-order valence-corrected chi connectivity index (χ0v) is 16.4. The maximum absolute atomic E-state index is 12.2. The number of hydrogen-bond acceptors (Lipinski definition) is 7. The molecule has 0 amide bonds. The predicted molar refractivity (Wildman–Crippen MR) is 106 cm³/mol. The van der Waals surface area contributed by atoms with Gasteiger partial charge < -0.3 is 25.4 Å². The average Bonchev–Trinajstić information content (AvgIpc) is 2.65. The Hall–Kier alpha value is -2.77. The van der Waals surface area contributed by atoms with E-state index in [1.54, 1.807) is 50.2 Å². The van der Waals surface area contributed by atoms with Crippen LogP contribution in [0.15, 0.2) is 48.5 Å². The van der Waals surface area contributed by atoms with Crippen molar-refractivity contribution >= 4 is 24.3 Å². The van der Waals surface area contributed by atoms with Gasteiger partial charge in [0, 0.05) is 0 Å². The third-order valence-corrected chi connectivity index (χ3v) is 4.06. The second-order valence-corrected chi connectivity index (χ2v) is 6.25. The number of carbonyl (C=O) groups is 2. The van der Waals surface area contributed by atoms with Crippen molar-refractivity contribution < 1.29 is 29.3 Å². The van der Waals surface area contributed by atoms with Gasteiger partial charge in [0.25, 0.3) is 0 Å². The minimum Gasteiger partial charge on any atom is -0.504 e. The van der Waals surface area contributed by atoms with Gasteiger partial charge in [-0.2, -0.15) is 0 Å². The quantitative estimate of drug-likeness (QED) is 0.475. The Bertz CT molecular complexity index is 799. The molecule has 3 atom stereocenters. The SMILES string of the molecule is C[C@H](OC(=O)c1ccccc1)[C@H](C)OC(=O)[C@@H](N)Cc1ccc(O)c(O)c1.Cl. The molecule has 0 spiro atoms. The molecule has 0 aliphatic heterocycles. The van der Waals surface area contributed by atoms with Crippen LogP contribution in [0.25, 0.3) is 0 Å². The zero-order valence-electron chi connectivity index (χ0n) is 15.6. The van der Waals surface area contributed by atoms with Gasteiger partial charge in [0.2, 0.25) is 0 Å². The van der Waals surface area contributed by atoms with E-state index in [0.717, 1.165) is 0 Å². The fourth-order valence-corrected chi connectivity index (χ4v) is 2.31. The first-order valence-electron chi connectivity index (χ1n) is 8.51. The second kappa shape index (κ2) is 10.5. The van der Waals surface area contributed by atoms with Gasteiger partial charge >= 0.3 is 11.9 Å². The van der Waals surface area contributed by atoms with E-state index in [2.05, 4.69) is 0 Å². The highest BCUT2D eigenvalue weighted by atomic mass is 35.5. The summed E-state index contributed by atoms with van der Waals surface area (Å²) in [6.45, 7) is 3.24. The molecule has 152 valence electrons. The van der Waals surface area contributed by atoms with Crippen molar-refractivity contribution in [3.8, 4) is 11.5 Å². The Balaban J connectivity index is 0.00000392. The number of phenols is 2. The molecule has 28 heavy (non-hydrogen) atoms. The molecule has 2 aromatic carbocycles. The molecule has 0 aliphatic rings. The molecule has 4 N–H and O–H groups in total. The number of phenolic OH excluding ortho intramolecular Hbond substituents is 2. The molecule has 0 aliphatic carbocycles. The Morgan fingerprint density at radius 2 is 1.57 bits per heavy atom. The van der Waals surface area contributed by atoms with Crippen molar-refractivity contribution in [2.45, 2.75) is 38.5 Å². The summed E-state index contributed by atoms with van der Waals surface area (Å²) >= 11 is 0. The summed E-state index contributed by atoms with van der Waals surface area (Å²) < 4.78 is 10.6. The van der Waals surface area contributed by atoms with Gasteiger partial charge in [-0.3, -0.25) is 4.79 Å². The lowest BCUT2D eigenvalue weighted by Gasteiger charge is -2.22. The fraction of sp³-hybridized carbons (Fsp3) is 0.300. The van der Waals surface area contributed by atoms with E-state index in [-0.39, 0.29) is 30.3 Å². The molecule has 0 heterocycles. The molecular formula is C20H24ClNO6. The number of aromatic hydroxyl groups is 2. The summed E-state index contributed by atoms with van der Waals surface area (Å²) in [6, 6.07) is 11.7. The molecule has 7 nitrogen and oxygen atoms in total. The first-order chi connectivity index (χ1) is 12.8. The highest BCUT2D eigenvalue weighted by Gasteiger charge is 2.24. The zero-order chi connectivity index (χ0) is 20.0. The van der Waals surface area contributed by atoms with Crippen molar-refractivity contribution in [3.63, 3.8) is 0 Å². The van der Waals surface area contributed by atoms with Gasteiger partial charge in [-0.05, 0) is 50.1 Å². The first-order valence-corrected chi connectivity index (χ1v) is 8.51. The maximum Gasteiger partial charge on any atom is 0.338 e. The lowest BCUT2D eigenvalue weighted by molar-refractivity contribution is -0.154. The third kappa shape index (κ3) is 6.44. The van der Waals surface area contributed by atoms with Gasteiger partial charge in [-0.15, -0.1) is 12.4 Å². The lowest BCUT2D eigenvalue weighted by Crippen LogP contribution is -2.39. The molecule has 0 unspecified atom stereocenters. The van der Waals surface area contributed by atoms with Crippen LogP contribution < -0.4 is 5.73 Å². The van der Waals surface area contributed by atoms with E-state index in [1.165, 1.54) is 12.1 Å². The normalized spacial score (nSPS) is 13.5. The van der Waals surface area contributed by atoms with Crippen LogP contribution in [0.1, 0.15) is 29.8 Å². The molecule has 0 bridgehead atoms. The van der Waals surface area contributed by atoms with Gasteiger partial charge in [-0.25, -0.2) is 4.79 Å². The second-order valence-electron chi connectivity index (χ2n) is 6.25. The molecule has 0 aromatic heterocycles. The van der Waals surface area contributed by atoms with E-state index in [9.17, 15) is 19.8 Å². The first kappa shape index (κ1) is 23.3. The van der Waals surface area contributed by atoms with Gasteiger partial charge in [-0.1, -0.05) is 24.3 Å². The molecule has 2 rings (SSSR count). The fourth-order valence-electron chi connectivity index (χ4n) is 2.31. The van der Waals surface area contributed by atoms with Crippen LogP contribution in [0.4, 0.5) is 0 Å². The van der Waals surface area contributed by atoms with Crippen LogP contribution in [-0.2, 0) is 20.7 Å². The highest BCUT2D eigenvalue weighted by Crippen LogP contribution is 2.25. The van der Waals surface area contributed by atoms with Crippen molar-refractivity contribution in [2.24, 2.45) is 5.73 Å². The van der Waals surface area contributed by atoms with Crippen LogP contribution in [0.5, 0.6) is 11.5 Å². The summed E-state index contributed by atoms with van der Waals surface area (Å²) in [7, 11) is 0. The van der Waals surface area contributed by atoms with Crippen LogP contribution in [0.2, 0.25) is 0 Å². The van der Waals surface area contributed by atoms with Crippen LogP contribution in [0, 0.1) is 0 Å². The van der Waals surface area contributed by atoms with Crippen molar-refractivity contribution in [1.29, 1.82) is 0 Å². The largest absolute Gasteiger partial charge is 0.504 e. The summed E-state index contributed by atoms with van der Waals surface area (Å²) in [5.74, 6) is -1.70. The number of esters is 2. The Kier molecular flexibility index (Phi) is 8.76. The number of halogens is 1. The van der Waals surface area contributed by atoms with Crippen LogP contribution in [0.3, 0.4) is 0 Å². The number of nitrogens with two attached hydrogens (primary N) is 1. The van der Waals surface area contributed by atoms with Crippen molar-refractivity contribution in [1.82, 2.24) is 0 Å². The monoisotopic (exact) mass is 409 g/mol. The van der Waals surface area contributed by atoms with E-state index in [4.69, 9.17) is 15.2 Å². The Morgan fingerprint density at radius 1 is 0.964 bits per heavy atom. The molecule has 0 fully saturated rings. The topological polar surface area (TPSA) is 119 Å². The molecule has 2 aromatic rings.